The second-order valence-electron chi connectivity index (χ2n) is 6.14. The third-order valence-corrected chi connectivity index (χ3v) is 4.84. The molecule has 1 heterocycles. The molecular weight excluding hydrogens is 368 g/mol. The third-order valence-electron chi connectivity index (χ3n) is 4.35. The average Bonchev–Trinajstić information content (AvgIpc) is 2.91. The number of hydrogen-bond acceptors (Lipinski definition) is 2. The molecule has 3 rings (SSSR count). The predicted molar refractivity (Wildman–Crippen MR) is 99.1 cm³/mol. The Hall–Kier alpha value is -2.14. The number of amides is 2. The minimum Gasteiger partial charge on any atom is -0.326 e. The third kappa shape index (κ3) is 3.36. The standard InChI is InChI=1S/C19H19BrN2O2/c1-12-5-3-4-6-16(12)21-19(24)14-10-18(23)22(11-14)17-8-7-15(20)9-13(17)2/h3-9,14H,10-11H2,1-2H3,(H,21,24). The minimum absolute atomic E-state index is 0.00893. The Morgan fingerprint density at radius 3 is 2.62 bits per heavy atom. The smallest absolute Gasteiger partial charge is 0.229 e. The van der Waals surface area contributed by atoms with E-state index in [2.05, 4.69) is 21.2 Å². The van der Waals surface area contributed by atoms with Crippen LogP contribution in [-0.2, 0) is 9.59 Å². The first-order chi connectivity index (χ1) is 11.5. The van der Waals surface area contributed by atoms with E-state index >= 15 is 0 Å². The Kier molecular flexibility index (Phi) is 4.71. The minimum atomic E-state index is -0.333. The summed E-state index contributed by atoms with van der Waals surface area (Å²) in [4.78, 5) is 26.6. The van der Waals surface area contributed by atoms with Crippen LogP contribution >= 0.6 is 15.9 Å². The molecule has 4 nitrogen and oxygen atoms in total. The molecular formula is C19H19BrN2O2. The van der Waals surface area contributed by atoms with E-state index in [4.69, 9.17) is 0 Å². The maximum atomic E-state index is 12.5. The van der Waals surface area contributed by atoms with Crippen molar-refractivity contribution in [2.24, 2.45) is 5.92 Å². The Bertz CT molecular complexity index is 804. The van der Waals surface area contributed by atoms with E-state index in [1.54, 1.807) is 4.90 Å². The lowest BCUT2D eigenvalue weighted by atomic mass is 10.1. The molecule has 0 spiro atoms. The van der Waals surface area contributed by atoms with E-state index in [9.17, 15) is 9.59 Å². The lowest BCUT2D eigenvalue weighted by Crippen LogP contribution is -2.28. The highest BCUT2D eigenvalue weighted by molar-refractivity contribution is 9.10. The van der Waals surface area contributed by atoms with E-state index in [0.717, 1.165) is 27.0 Å². The Balaban J connectivity index is 1.74. The number of anilines is 2. The molecule has 1 aliphatic heterocycles. The molecule has 1 unspecified atom stereocenters. The summed E-state index contributed by atoms with van der Waals surface area (Å²) in [5, 5.41) is 2.94. The number of rotatable bonds is 3. The molecule has 1 N–H and O–H groups in total. The van der Waals surface area contributed by atoms with Crippen molar-refractivity contribution in [3.63, 3.8) is 0 Å². The lowest BCUT2D eigenvalue weighted by molar-refractivity contribution is -0.122. The van der Waals surface area contributed by atoms with Crippen LogP contribution in [-0.4, -0.2) is 18.4 Å². The summed E-state index contributed by atoms with van der Waals surface area (Å²) in [5.41, 5.74) is 3.69. The van der Waals surface area contributed by atoms with Crippen LogP contribution in [0.3, 0.4) is 0 Å². The van der Waals surface area contributed by atoms with Gasteiger partial charge < -0.3 is 10.2 Å². The van der Waals surface area contributed by atoms with E-state index in [0.29, 0.717) is 6.54 Å². The fraction of sp³-hybridized carbons (Fsp3) is 0.263. The summed E-state index contributed by atoms with van der Waals surface area (Å²) in [6.07, 6.45) is 0.243. The molecule has 1 fully saturated rings. The topological polar surface area (TPSA) is 49.4 Å². The Labute approximate surface area is 150 Å². The summed E-state index contributed by atoms with van der Waals surface area (Å²) in [7, 11) is 0. The van der Waals surface area contributed by atoms with Gasteiger partial charge in [0.05, 0.1) is 5.92 Å². The highest BCUT2D eigenvalue weighted by atomic mass is 79.9. The van der Waals surface area contributed by atoms with Gasteiger partial charge in [-0.05, 0) is 49.2 Å². The molecule has 1 atom stereocenters. The van der Waals surface area contributed by atoms with Crippen molar-refractivity contribution < 1.29 is 9.59 Å². The predicted octanol–water partition coefficient (Wildman–Crippen LogP) is 4.06. The summed E-state index contributed by atoms with van der Waals surface area (Å²) < 4.78 is 0.976. The van der Waals surface area contributed by atoms with Gasteiger partial charge in [-0.1, -0.05) is 34.1 Å². The maximum Gasteiger partial charge on any atom is 0.229 e. The molecule has 2 amide bonds. The van der Waals surface area contributed by atoms with Crippen molar-refractivity contribution in [1.82, 2.24) is 0 Å². The largest absolute Gasteiger partial charge is 0.326 e. The molecule has 0 radical (unpaired) electrons. The van der Waals surface area contributed by atoms with Crippen LogP contribution in [0.2, 0.25) is 0 Å². The van der Waals surface area contributed by atoms with Crippen molar-refractivity contribution in [2.75, 3.05) is 16.8 Å². The van der Waals surface area contributed by atoms with Gasteiger partial charge in [-0.25, -0.2) is 0 Å². The molecule has 0 saturated carbocycles. The summed E-state index contributed by atoms with van der Waals surface area (Å²) >= 11 is 3.43. The van der Waals surface area contributed by atoms with E-state index in [-0.39, 0.29) is 24.2 Å². The summed E-state index contributed by atoms with van der Waals surface area (Å²) in [5.74, 6) is -0.444. The lowest BCUT2D eigenvalue weighted by Gasteiger charge is -2.19. The zero-order chi connectivity index (χ0) is 17.3. The number of para-hydroxylation sites is 1. The molecule has 1 saturated heterocycles. The molecule has 124 valence electrons. The van der Waals surface area contributed by atoms with Crippen molar-refractivity contribution in [3.05, 3.63) is 58.1 Å². The molecule has 0 aliphatic carbocycles. The summed E-state index contributed by atoms with van der Waals surface area (Å²) in [6.45, 7) is 4.33. The van der Waals surface area contributed by atoms with Crippen LogP contribution in [0.15, 0.2) is 46.9 Å². The highest BCUT2D eigenvalue weighted by Crippen LogP contribution is 2.30. The number of benzene rings is 2. The number of halogens is 1. The normalized spacial score (nSPS) is 17.2. The molecule has 2 aromatic carbocycles. The SMILES string of the molecule is Cc1ccccc1NC(=O)C1CC(=O)N(c2ccc(Br)cc2C)C1. The van der Waals surface area contributed by atoms with Gasteiger partial charge in [0.15, 0.2) is 0 Å². The zero-order valence-corrected chi connectivity index (χ0v) is 15.3. The first-order valence-corrected chi connectivity index (χ1v) is 8.68. The van der Waals surface area contributed by atoms with Crippen LogP contribution in [0.4, 0.5) is 11.4 Å². The van der Waals surface area contributed by atoms with E-state index < -0.39 is 0 Å². The first kappa shape index (κ1) is 16.7. The van der Waals surface area contributed by atoms with Gasteiger partial charge in [0, 0.05) is 28.8 Å². The number of aryl methyl sites for hydroxylation is 2. The molecule has 0 bridgehead atoms. The molecule has 24 heavy (non-hydrogen) atoms. The van der Waals surface area contributed by atoms with Crippen LogP contribution in [0, 0.1) is 19.8 Å². The van der Waals surface area contributed by atoms with E-state index in [1.165, 1.54) is 0 Å². The number of nitrogens with one attached hydrogen (secondary N) is 1. The first-order valence-electron chi connectivity index (χ1n) is 7.88. The number of nitrogens with zero attached hydrogens (tertiary/aromatic N) is 1. The van der Waals surface area contributed by atoms with Gasteiger partial charge in [0.25, 0.3) is 0 Å². The number of carbonyl (C=O) groups is 2. The molecule has 0 aromatic heterocycles. The van der Waals surface area contributed by atoms with Gasteiger partial charge >= 0.3 is 0 Å². The fourth-order valence-electron chi connectivity index (χ4n) is 2.99. The van der Waals surface area contributed by atoms with Crippen LogP contribution in [0.5, 0.6) is 0 Å². The average molecular weight is 387 g/mol. The zero-order valence-electron chi connectivity index (χ0n) is 13.7. The van der Waals surface area contributed by atoms with Crippen molar-refractivity contribution in [3.8, 4) is 0 Å². The van der Waals surface area contributed by atoms with Gasteiger partial charge in [-0.15, -0.1) is 0 Å². The van der Waals surface area contributed by atoms with Crippen molar-refractivity contribution >= 4 is 39.1 Å². The van der Waals surface area contributed by atoms with E-state index in [1.807, 2.05) is 56.3 Å². The van der Waals surface area contributed by atoms with Crippen LogP contribution in [0.25, 0.3) is 0 Å². The van der Waals surface area contributed by atoms with Gasteiger partial charge in [0.1, 0.15) is 0 Å². The van der Waals surface area contributed by atoms with Gasteiger partial charge in [-0.3, -0.25) is 9.59 Å². The van der Waals surface area contributed by atoms with Gasteiger partial charge in [0.2, 0.25) is 11.8 Å². The molecule has 5 heteroatoms. The van der Waals surface area contributed by atoms with Crippen LogP contribution in [0.1, 0.15) is 17.5 Å². The Morgan fingerprint density at radius 2 is 1.92 bits per heavy atom. The molecule has 1 aliphatic rings. The van der Waals surface area contributed by atoms with Crippen LogP contribution < -0.4 is 10.2 Å². The van der Waals surface area contributed by atoms with Crippen molar-refractivity contribution in [1.29, 1.82) is 0 Å². The maximum absolute atomic E-state index is 12.5. The second kappa shape index (κ2) is 6.77. The summed E-state index contributed by atoms with van der Waals surface area (Å²) in [6, 6.07) is 13.5. The number of hydrogen-bond donors (Lipinski definition) is 1. The molecule has 2 aromatic rings. The Morgan fingerprint density at radius 1 is 1.17 bits per heavy atom. The number of carbonyl (C=O) groups excluding carboxylic acids is 2. The monoisotopic (exact) mass is 386 g/mol. The van der Waals surface area contributed by atoms with Crippen molar-refractivity contribution in [2.45, 2.75) is 20.3 Å². The fourth-order valence-corrected chi connectivity index (χ4v) is 3.46. The second-order valence-corrected chi connectivity index (χ2v) is 7.06. The van der Waals surface area contributed by atoms with Gasteiger partial charge in [-0.2, -0.15) is 0 Å². The quantitative estimate of drug-likeness (QED) is 0.864. The highest BCUT2D eigenvalue weighted by Gasteiger charge is 2.35.